The molecule has 0 fully saturated rings. The molecule has 0 saturated carbocycles. The number of tetrazole rings is 1. The Morgan fingerprint density at radius 2 is 1.84 bits per heavy atom. The predicted octanol–water partition coefficient (Wildman–Crippen LogP) is 2.80. The number of hydrogen-bond acceptors (Lipinski definition) is 6. The Kier molecular flexibility index (Phi) is 5.91. The lowest BCUT2D eigenvalue weighted by Crippen LogP contribution is -2.31. The second-order valence-corrected chi connectivity index (χ2v) is 7.47. The van der Waals surface area contributed by atoms with E-state index in [0.29, 0.717) is 5.82 Å². The molecule has 0 radical (unpaired) electrons. The van der Waals surface area contributed by atoms with Gasteiger partial charge in [0, 0.05) is 36.6 Å². The van der Waals surface area contributed by atoms with Crippen molar-refractivity contribution in [1.82, 2.24) is 30.4 Å². The van der Waals surface area contributed by atoms with Gasteiger partial charge in [0.15, 0.2) is 0 Å². The van der Waals surface area contributed by atoms with E-state index in [2.05, 4.69) is 87.2 Å². The Hall–Kier alpha value is -2.09. The zero-order valence-electron chi connectivity index (χ0n) is 14.9. The first-order valence-corrected chi connectivity index (χ1v) is 9.22. The number of aromatic amines is 1. The molecule has 6 nitrogen and oxygen atoms in total. The number of nitrogens with zero attached hydrogens (tertiary/aromatic N) is 5. The summed E-state index contributed by atoms with van der Waals surface area (Å²) in [6.45, 7) is 6.19. The topological polar surface area (TPSA) is 60.9 Å². The first-order chi connectivity index (χ1) is 12.1. The molecule has 1 aromatic carbocycles. The molecule has 3 rings (SSSR count). The van der Waals surface area contributed by atoms with Crippen molar-refractivity contribution < 1.29 is 0 Å². The van der Waals surface area contributed by atoms with E-state index in [1.54, 1.807) is 0 Å². The van der Waals surface area contributed by atoms with Crippen molar-refractivity contribution in [3.05, 3.63) is 51.7 Å². The zero-order valence-corrected chi connectivity index (χ0v) is 15.8. The molecule has 7 heteroatoms. The minimum atomic E-state index is 0.630. The van der Waals surface area contributed by atoms with E-state index >= 15 is 0 Å². The number of hydrogen-bond donors (Lipinski definition) is 1. The van der Waals surface area contributed by atoms with Crippen molar-refractivity contribution in [3.8, 4) is 11.4 Å². The average molecular weight is 356 g/mol. The van der Waals surface area contributed by atoms with Gasteiger partial charge < -0.3 is 4.90 Å². The summed E-state index contributed by atoms with van der Waals surface area (Å²) in [6.07, 6.45) is 0. The number of thiophene rings is 1. The van der Waals surface area contributed by atoms with Crippen LogP contribution >= 0.6 is 11.3 Å². The summed E-state index contributed by atoms with van der Waals surface area (Å²) in [5, 5.41) is 16.3. The lowest BCUT2D eigenvalue weighted by molar-refractivity contribution is 0.227. The van der Waals surface area contributed by atoms with Crippen molar-refractivity contribution >= 4 is 11.3 Å². The standard InChI is InChI=1S/C18H24N6S/c1-14-8-11-25-17(14)13-24(10-9-23(2)3)12-15-4-6-16(7-5-15)18-19-21-22-20-18/h4-8,11H,9-10,12-13H2,1-3H3,(H,19,20,21,22). The second-order valence-electron chi connectivity index (χ2n) is 6.47. The molecular formula is C18H24N6S. The van der Waals surface area contributed by atoms with Gasteiger partial charge in [-0.05, 0) is 48.8 Å². The van der Waals surface area contributed by atoms with E-state index in [4.69, 9.17) is 0 Å². The number of aromatic nitrogens is 4. The molecule has 0 aliphatic carbocycles. The first kappa shape index (κ1) is 17.7. The molecule has 0 aliphatic rings. The highest BCUT2D eigenvalue weighted by Crippen LogP contribution is 2.20. The summed E-state index contributed by atoms with van der Waals surface area (Å²) >= 11 is 1.84. The highest BCUT2D eigenvalue weighted by molar-refractivity contribution is 7.10. The van der Waals surface area contributed by atoms with E-state index < -0.39 is 0 Å². The van der Waals surface area contributed by atoms with Gasteiger partial charge in [-0.2, -0.15) is 5.21 Å². The molecule has 0 aliphatic heterocycles. The fourth-order valence-corrected chi connectivity index (χ4v) is 3.57. The minimum Gasteiger partial charge on any atom is -0.308 e. The third kappa shape index (κ3) is 4.94. The number of aryl methyl sites for hydroxylation is 1. The third-order valence-electron chi connectivity index (χ3n) is 4.16. The monoisotopic (exact) mass is 356 g/mol. The number of H-pyrrole nitrogens is 1. The third-order valence-corrected chi connectivity index (χ3v) is 5.17. The Morgan fingerprint density at radius 1 is 1.04 bits per heavy atom. The molecule has 0 atom stereocenters. The van der Waals surface area contributed by atoms with Crippen LogP contribution in [0.2, 0.25) is 0 Å². The van der Waals surface area contributed by atoms with E-state index in [1.807, 2.05) is 11.3 Å². The fourth-order valence-electron chi connectivity index (χ4n) is 2.63. The van der Waals surface area contributed by atoms with Gasteiger partial charge in [0.25, 0.3) is 0 Å². The van der Waals surface area contributed by atoms with Crippen molar-refractivity contribution in [1.29, 1.82) is 0 Å². The molecule has 0 saturated heterocycles. The Bertz CT molecular complexity index is 763. The van der Waals surface area contributed by atoms with Crippen molar-refractivity contribution in [2.24, 2.45) is 0 Å². The van der Waals surface area contributed by atoms with E-state index in [9.17, 15) is 0 Å². The van der Waals surface area contributed by atoms with Crippen LogP contribution in [0.1, 0.15) is 16.0 Å². The molecule has 132 valence electrons. The normalized spacial score (nSPS) is 11.6. The van der Waals surface area contributed by atoms with Crippen LogP contribution in [0.5, 0.6) is 0 Å². The lowest BCUT2D eigenvalue weighted by atomic mass is 10.1. The quantitative estimate of drug-likeness (QED) is 0.672. The maximum absolute atomic E-state index is 4.02. The van der Waals surface area contributed by atoms with Crippen LogP contribution in [0, 0.1) is 6.92 Å². The predicted molar refractivity (Wildman–Crippen MR) is 101 cm³/mol. The van der Waals surface area contributed by atoms with E-state index in [1.165, 1.54) is 16.0 Å². The smallest absolute Gasteiger partial charge is 0.204 e. The molecule has 0 bridgehead atoms. The number of rotatable bonds is 8. The minimum absolute atomic E-state index is 0.630. The molecule has 3 aromatic rings. The maximum Gasteiger partial charge on any atom is 0.204 e. The van der Waals surface area contributed by atoms with Gasteiger partial charge in [0.2, 0.25) is 5.82 Å². The average Bonchev–Trinajstić information content (AvgIpc) is 3.26. The van der Waals surface area contributed by atoms with E-state index in [-0.39, 0.29) is 0 Å². The molecule has 2 heterocycles. The van der Waals surface area contributed by atoms with Crippen LogP contribution in [-0.2, 0) is 13.1 Å². The molecule has 1 N–H and O–H groups in total. The van der Waals surface area contributed by atoms with Crippen molar-refractivity contribution in [3.63, 3.8) is 0 Å². The lowest BCUT2D eigenvalue weighted by Gasteiger charge is -2.24. The summed E-state index contributed by atoms with van der Waals surface area (Å²) in [5.74, 6) is 0.630. The largest absolute Gasteiger partial charge is 0.308 e. The van der Waals surface area contributed by atoms with Gasteiger partial charge in [-0.1, -0.05) is 24.3 Å². The van der Waals surface area contributed by atoms with Crippen LogP contribution in [0.25, 0.3) is 11.4 Å². The highest BCUT2D eigenvalue weighted by Gasteiger charge is 2.11. The molecule has 0 spiro atoms. The summed E-state index contributed by atoms with van der Waals surface area (Å²) in [6, 6.07) is 10.6. The summed E-state index contributed by atoms with van der Waals surface area (Å²) in [5.41, 5.74) is 3.65. The maximum atomic E-state index is 4.02. The van der Waals surface area contributed by atoms with Crippen LogP contribution in [-0.4, -0.2) is 57.6 Å². The van der Waals surface area contributed by atoms with Crippen LogP contribution in [0.4, 0.5) is 0 Å². The van der Waals surface area contributed by atoms with Crippen LogP contribution in [0.15, 0.2) is 35.7 Å². The van der Waals surface area contributed by atoms with Crippen molar-refractivity contribution in [2.45, 2.75) is 20.0 Å². The zero-order chi connectivity index (χ0) is 17.6. The Labute approximate surface area is 152 Å². The number of benzene rings is 1. The van der Waals surface area contributed by atoms with Gasteiger partial charge >= 0.3 is 0 Å². The van der Waals surface area contributed by atoms with Gasteiger partial charge in [-0.25, -0.2) is 0 Å². The van der Waals surface area contributed by atoms with Gasteiger partial charge in [0.1, 0.15) is 0 Å². The second kappa shape index (κ2) is 8.33. The molecule has 0 amide bonds. The summed E-state index contributed by atoms with van der Waals surface area (Å²) < 4.78 is 0. The number of nitrogens with one attached hydrogen (secondary N) is 1. The Balaban J connectivity index is 1.69. The molecule has 2 aromatic heterocycles. The van der Waals surface area contributed by atoms with Gasteiger partial charge in [0.05, 0.1) is 0 Å². The van der Waals surface area contributed by atoms with Gasteiger partial charge in [-0.3, -0.25) is 4.90 Å². The van der Waals surface area contributed by atoms with Gasteiger partial charge in [-0.15, -0.1) is 21.5 Å². The summed E-state index contributed by atoms with van der Waals surface area (Å²) in [7, 11) is 4.24. The Morgan fingerprint density at radius 3 is 2.44 bits per heavy atom. The first-order valence-electron chi connectivity index (χ1n) is 8.34. The summed E-state index contributed by atoms with van der Waals surface area (Å²) in [4.78, 5) is 6.18. The van der Waals surface area contributed by atoms with Crippen LogP contribution in [0.3, 0.4) is 0 Å². The SMILES string of the molecule is Cc1ccsc1CN(CCN(C)C)Cc1ccc(-c2nn[nH]n2)cc1. The number of likely N-dealkylation sites (N-methyl/N-ethyl adjacent to an activating group) is 1. The van der Waals surface area contributed by atoms with Crippen LogP contribution < -0.4 is 0 Å². The molecule has 25 heavy (non-hydrogen) atoms. The molecule has 0 unspecified atom stereocenters. The molecular weight excluding hydrogens is 332 g/mol. The highest BCUT2D eigenvalue weighted by atomic mass is 32.1. The van der Waals surface area contributed by atoms with Crippen molar-refractivity contribution in [2.75, 3.05) is 27.2 Å². The van der Waals surface area contributed by atoms with E-state index in [0.717, 1.165) is 31.7 Å². The fraction of sp³-hybridized carbons (Fsp3) is 0.389.